The van der Waals surface area contributed by atoms with Gasteiger partial charge in [0.1, 0.15) is 0 Å². The van der Waals surface area contributed by atoms with E-state index in [1.807, 2.05) is 23.8 Å². The van der Waals surface area contributed by atoms with Gasteiger partial charge in [-0.25, -0.2) is 0 Å². The predicted octanol–water partition coefficient (Wildman–Crippen LogP) is 5.05. The summed E-state index contributed by atoms with van der Waals surface area (Å²) >= 11 is 1.60. The SMILES string of the molecule is CCCNC(Cc1ccsc1)c1cccc(C(F)(F)F)c1. The van der Waals surface area contributed by atoms with Crippen LogP contribution in [-0.2, 0) is 12.6 Å². The quantitative estimate of drug-likeness (QED) is 0.787. The van der Waals surface area contributed by atoms with Gasteiger partial charge in [-0.2, -0.15) is 24.5 Å². The van der Waals surface area contributed by atoms with Crippen LogP contribution in [0.15, 0.2) is 41.1 Å². The van der Waals surface area contributed by atoms with Crippen LogP contribution in [-0.4, -0.2) is 6.54 Å². The maximum Gasteiger partial charge on any atom is 0.416 e. The van der Waals surface area contributed by atoms with Crippen molar-refractivity contribution < 1.29 is 13.2 Å². The lowest BCUT2D eigenvalue weighted by Gasteiger charge is -2.20. The predicted molar refractivity (Wildman–Crippen MR) is 80.5 cm³/mol. The monoisotopic (exact) mass is 313 g/mol. The summed E-state index contributed by atoms with van der Waals surface area (Å²) in [6.07, 6.45) is -2.66. The zero-order chi connectivity index (χ0) is 15.3. The summed E-state index contributed by atoms with van der Waals surface area (Å²) < 4.78 is 38.5. The van der Waals surface area contributed by atoms with E-state index in [1.165, 1.54) is 12.1 Å². The highest BCUT2D eigenvalue weighted by Crippen LogP contribution is 2.31. The van der Waals surface area contributed by atoms with Crippen molar-refractivity contribution >= 4 is 11.3 Å². The third-order valence-electron chi connectivity index (χ3n) is 3.28. The zero-order valence-corrected chi connectivity index (χ0v) is 12.6. The van der Waals surface area contributed by atoms with Gasteiger partial charge in [-0.3, -0.25) is 0 Å². The van der Waals surface area contributed by atoms with E-state index in [2.05, 4.69) is 5.32 Å². The molecular formula is C16H18F3NS. The molecule has 2 aromatic rings. The molecule has 21 heavy (non-hydrogen) atoms. The lowest BCUT2D eigenvalue weighted by molar-refractivity contribution is -0.137. The number of thiophene rings is 1. The fourth-order valence-corrected chi connectivity index (χ4v) is 2.88. The first-order chi connectivity index (χ1) is 10.0. The third-order valence-corrected chi connectivity index (χ3v) is 4.01. The molecule has 1 N–H and O–H groups in total. The molecule has 1 aromatic heterocycles. The Morgan fingerprint density at radius 2 is 2.05 bits per heavy atom. The highest BCUT2D eigenvalue weighted by atomic mass is 32.1. The first kappa shape index (κ1) is 16.0. The lowest BCUT2D eigenvalue weighted by atomic mass is 9.98. The second-order valence-electron chi connectivity index (χ2n) is 4.97. The van der Waals surface area contributed by atoms with E-state index in [0.717, 1.165) is 24.6 Å². The van der Waals surface area contributed by atoms with Crippen LogP contribution in [0.4, 0.5) is 13.2 Å². The Balaban J connectivity index is 2.23. The topological polar surface area (TPSA) is 12.0 Å². The maximum atomic E-state index is 12.8. The molecule has 0 aliphatic heterocycles. The Bertz CT molecular complexity index is 549. The van der Waals surface area contributed by atoms with Crippen LogP contribution >= 0.6 is 11.3 Å². The number of hydrogen-bond donors (Lipinski definition) is 1. The summed E-state index contributed by atoms with van der Waals surface area (Å²) in [5.74, 6) is 0. The number of rotatable bonds is 6. The van der Waals surface area contributed by atoms with Crippen molar-refractivity contribution in [2.45, 2.75) is 32.0 Å². The molecular weight excluding hydrogens is 295 g/mol. The minimum Gasteiger partial charge on any atom is -0.310 e. The van der Waals surface area contributed by atoms with Crippen molar-refractivity contribution in [2.75, 3.05) is 6.54 Å². The van der Waals surface area contributed by atoms with Gasteiger partial charge in [-0.05, 0) is 59.5 Å². The molecule has 0 radical (unpaired) electrons. The van der Waals surface area contributed by atoms with Gasteiger partial charge >= 0.3 is 6.18 Å². The Morgan fingerprint density at radius 3 is 2.67 bits per heavy atom. The molecule has 0 aliphatic carbocycles. The van der Waals surface area contributed by atoms with Gasteiger partial charge in [0.05, 0.1) is 5.56 Å². The van der Waals surface area contributed by atoms with Gasteiger partial charge < -0.3 is 5.32 Å². The van der Waals surface area contributed by atoms with E-state index in [1.54, 1.807) is 17.4 Å². The highest BCUT2D eigenvalue weighted by molar-refractivity contribution is 7.07. The Hall–Kier alpha value is -1.33. The molecule has 0 saturated carbocycles. The van der Waals surface area contributed by atoms with Crippen molar-refractivity contribution in [3.63, 3.8) is 0 Å². The van der Waals surface area contributed by atoms with E-state index in [4.69, 9.17) is 0 Å². The summed E-state index contributed by atoms with van der Waals surface area (Å²) in [6, 6.07) is 7.52. The number of halogens is 3. The zero-order valence-electron chi connectivity index (χ0n) is 11.8. The standard InChI is InChI=1S/C16H18F3NS/c1-2-7-20-15(9-12-6-8-21-11-12)13-4-3-5-14(10-13)16(17,18)19/h3-6,8,10-11,15,20H,2,7,9H2,1H3. The van der Waals surface area contributed by atoms with Crippen molar-refractivity contribution in [1.82, 2.24) is 5.32 Å². The van der Waals surface area contributed by atoms with Gasteiger partial charge in [0.2, 0.25) is 0 Å². The first-order valence-electron chi connectivity index (χ1n) is 6.92. The lowest BCUT2D eigenvalue weighted by Crippen LogP contribution is -2.24. The fraction of sp³-hybridized carbons (Fsp3) is 0.375. The molecule has 5 heteroatoms. The first-order valence-corrected chi connectivity index (χ1v) is 7.86. The molecule has 0 aliphatic rings. The number of hydrogen-bond acceptors (Lipinski definition) is 2. The molecule has 1 aromatic carbocycles. The molecule has 0 fully saturated rings. The Kier molecular flexibility index (Phi) is 5.42. The second-order valence-corrected chi connectivity index (χ2v) is 5.75. The van der Waals surface area contributed by atoms with Gasteiger partial charge in [-0.15, -0.1) is 0 Å². The molecule has 0 spiro atoms. The summed E-state index contributed by atoms with van der Waals surface area (Å²) in [5.41, 5.74) is 1.24. The van der Waals surface area contributed by atoms with Gasteiger partial charge in [0, 0.05) is 6.04 Å². The molecule has 114 valence electrons. The average Bonchev–Trinajstić information content (AvgIpc) is 2.95. The summed E-state index contributed by atoms with van der Waals surface area (Å²) in [7, 11) is 0. The van der Waals surface area contributed by atoms with Gasteiger partial charge in [0.15, 0.2) is 0 Å². The summed E-state index contributed by atoms with van der Waals surface area (Å²) in [5, 5.41) is 7.36. The van der Waals surface area contributed by atoms with E-state index >= 15 is 0 Å². The smallest absolute Gasteiger partial charge is 0.310 e. The highest BCUT2D eigenvalue weighted by Gasteiger charge is 2.30. The summed E-state index contributed by atoms with van der Waals surface area (Å²) in [6.45, 7) is 2.83. The average molecular weight is 313 g/mol. The van der Waals surface area contributed by atoms with Crippen molar-refractivity contribution in [3.05, 3.63) is 57.8 Å². The van der Waals surface area contributed by atoms with Crippen LogP contribution in [0.3, 0.4) is 0 Å². The van der Waals surface area contributed by atoms with Crippen LogP contribution in [0, 0.1) is 0 Å². The largest absolute Gasteiger partial charge is 0.416 e. The van der Waals surface area contributed by atoms with Crippen molar-refractivity contribution in [2.24, 2.45) is 0 Å². The Labute approximate surface area is 126 Å². The fourth-order valence-electron chi connectivity index (χ4n) is 2.20. The van der Waals surface area contributed by atoms with Crippen LogP contribution in [0.1, 0.15) is 36.1 Å². The van der Waals surface area contributed by atoms with Gasteiger partial charge in [-0.1, -0.05) is 19.1 Å². The van der Waals surface area contributed by atoms with E-state index in [9.17, 15) is 13.2 Å². The van der Waals surface area contributed by atoms with Crippen LogP contribution in [0.25, 0.3) is 0 Å². The molecule has 0 bridgehead atoms. The van der Waals surface area contributed by atoms with Gasteiger partial charge in [0.25, 0.3) is 0 Å². The van der Waals surface area contributed by atoms with Crippen molar-refractivity contribution in [1.29, 1.82) is 0 Å². The van der Waals surface area contributed by atoms with E-state index in [0.29, 0.717) is 12.0 Å². The molecule has 1 atom stereocenters. The number of benzene rings is 1. The van der Waals surface area contributed by atoms with Crippen molar-refractivity contribution in [3.8, 4) is 0 Å². The molecule has 2 rings (SSSR count). The molecule has 1 nitrogen and oxygen atoms in total. The minimum absolute atomic E-state index is 0.0955. The van der Waals surface area contributed by atoms with E-state index in [-0.39, 0.29) is 6.04 Å². The molecule has 0 amide bonds. The Morgan fingerprint density at radius 1 is 1.24 bits per heavy atom. The maximum absolute atomic E-state index is 12.8. The molecule has 1 heterocycles. The molecule has 1 unspecified atom stereocenters. The van der Waals surface area contributed by atoms with Crippen LogP contribution in [0.2, 0.25) is 0 Å². The second kappa shape index (κ2) is 7.09. The summed E-state index contributed by atoms with van der Waals surface area (Å²) in [4.78, 5) is 0. The molecule has 0 saturated heterocycles. The number of alkyl halides is 3. The third kappa shape index (κ3) is 4.58. The van der Waals surface area contributed by atoms with E-state index < -0.39 is 11.7 Å². The van der Waals surface area contributed by atoms with Crippen LogP contribution in [0.5, 0.6) is 0 Å². The van der Waals surface area contributed by atoms with Crippen LogP contribution < -0.4 is 5.32 Å². The number of nitrogens with one attached hydrogen (secondary N) is 1. The minimum atomic E-state index is -4.30. The normalized spacial score (nSPS) is 13.3.